The fourth-order valence-corrected chi connectivity index (χ4v) is 3.07. The minimum Gasteiger partial charge on any atom is -0.355 e. The maximum absolute atomic E-state index is 13.7. The zero-order valence-corrected chi connectivity index (χ0v) is 15.5. The molecule has 3 N–H and O–H groups in total. The van der Waals surface area contributed by atoms with Gasteiger partial charge in [0.05, 0.1) is 0 Å². The maximum atomic E-state index is 13.7. The van der Waals surface area contributed by atoms with Gasteiger partial charge in [0.25, 0.3) is 0 Å². The van der Waals surface area contributed by atoms with Crippen molar-refractivity contribution in [2.45, 2.75) is 6.92 Å². The molecule has 0 aliphatic rings. The average molecular weight is 365 g/mol. The number of hydrogen-bond donors (Lipinski definition) is 3. The number of hydrogen-bond acceptors (Lipinski definition) is 4. The second kappa shape index (κ2) is 8.06. The first kappa shape index (κ1) is 18.0. The minimum atomic E-state index is -0.303. The van der Waals surface area contributed by atoms with Gasteiger partial charge in [-0.25, -0.2) is 4.39 Å². The van der Waals surface area contributed by atoms with Gasteiger partial charge in [0, 0.05) is 35.1 Å². The Balaban J connectivity index is 1.83. The monoisotopic (exact) mass is 365 g/mol. The van der Waals surface area contributed by atoms with E-state index in [4.69, 9.17) is 5.41 Å². The summed E-state index contributed by atoms with van der Waals surface area (Å²) in [6.07, 6.45) is 3.15. The SMILES string of the molecule is CSNc1cccc(-c2ccc(Nc3cc(C)c(F)cc3C=N)cc2)c1. The number of anilines is 3. The number of nitrogens with one attached hydrogen (secondary N) is 3. The topological polar surface area (TPSA) is 47.9 Å². The van der Waals surface area contributed by atoms with Gasteiger partial charge in [-0.15, -0.1) is 0 Å². The van der Waals surface area contributed by atoms with Gasteiger partial charge < -0.3 is 15.4 Å². The van der Waals surface area contributed by atoms with Crippen LogP contribution in [0.1, 0.15) is 11.1 Å². The largest absolute Gasteiger partial charge is 0.355 e. The number of benzene rings is 3. The van der Waals surface area contributed by atoms with Crippen LogP contribution in [0.15, 0.2) is 60.7 Å². The van der Waals surface area contributed by atoms with Crippen LogP contribution in [0.2, 0.25) is 0 Å². The lowest BCUT2D eigenvalue weighted by atomic mass is 10.0. The molecular formula is C21H20FN3S. The molecule has 0 saturated carbocycles. The summed E-state index contributed by atoms with van der Waals surface area (Å²) in [6.45, 7) is 1.72. The first-order valence-corrected chi connectivity index (χ1v) is 9.40. The molecule has 3 aromatic rings. The van der Waals surface area contributed by atoms with Crippen molar-refractivity contribution >= 4 is 35.2 Å². The van der Waals surface area contributed by atoms with Crippen molar-refractivity contribution in [3.05, 3.63) is 77.6 Å². The molecule has 0 aliphatic carbocycles. The molecule has 0 amide bonds. The Morgan fingerprint density at radius 2 is 1.73 bits per heavy atom. The normalized spacial score (nSPS) is 10.4. The van der Waals surface area contributed by atoms with Crippen LogP contribution in [0, 0.1) is 18.2 Å². The quantitative estimate of drug-likeness (QED) is 0.358. The van der Waals surface area contributed by atoms with E-state index in [1.54, 1.807) is 24.9 Å². The van der Waals surface area contributed by atoms with Crippen LogP contribution in [0.3, 0.4) is 0 Å². The molecule has 3 rings (SSSR count). The number of rotatable bonds is 6. The Kier molecular flexibility index (Phi) is 5.58. The second-order valence-corrected chi connectivity index (χ2v) is 6.53. The summed E-state index contributed by atoms with van der Waals surface area (Å²) in [4.78, 5) is 0. The molecule has 3 nitrogen and oxygen atoms in total. The molecule has 3 aromatic carbocycles. The third kappa shape index (κ3) is 4.06. The standard InChI is InChI=1S/C21H20FN3S/c1-14-10-21(17(13-23)12-20(14)22)24-18-8-6-15(7-9-18)16-4-3-5-19(11-16)25-26-2/h3-13,23-25H,1-2H3. The lowest BCUT2D eigenvalue weighted by Crippen LogP contribution is -1.98. The van der Waals surface area contributed by atoms with Crippen molar-refractivity contribution in [3.63, 3.8) is 0 Å². The second-order valence-electron chi connectivity index (χ2n) is 5.92. The van der Waals surface area contributed by atoms with E-state index in [0.29, 0.717) is 11.1 Å². The minimum absolute atomic E-state index is 0.303. The molecule has 26 heavy (non-hydrogen) atoms. The average Bonchev–Trinajstić information content (AvgIpc) is 2.65. The van der Waals surface area contributed by atoms with Crippen molar-refractivity contribution < 1.29 is 4.39 Å². The molecule has 0 unspecified atom stereocenters. The molecular weight excluding hydrogens is 345 g/mol. The Labute approximate surface area is 157 Å². The van der Waals surface area contributed by atoms with E-state index in [1.807, 2.05) is 42.7 Å². The lowest BCUT2D eigenvalue weighted by Gasteiger charge is -2.12. The van der Waals surface area contributed by atoms with E-state index in [9.17, 15) is 4.39 Å². The first-order chi connectivity index (χ1) is 12.6. The van der Waals surface area contributed by atoms with Gasteiger partial charge in [-0.2, -0.15) is 0 Å². The summed E-state index contributed by atoms with van der Waals surface area (Å²) < 4.78 is 16.9. The van der Waals surface area contributed by atoms with E-state index in [1.165, 1.54) is 6.07 Å². The van der Waals surface area contributed by atoms with Crippen LogP contribution < -0.4 is 10.0 Å². The zero-order chi connectivity index (χ0) is 18.5. The summed E-state index contributed by atoms with van der Waals surface area (Å²) in [5.41, 5.74) is 5.99. The van der Waals surface area contributed by atoms with E-state index >= 15 is 0 Å². The van der Waals surface area contributed by atoms with Crippen LogP contribution >= 0.6 is 11.9 Å². The van der Waals surface area contributed by atoms with Gasteiger partial charge in [-0.05, 0) is 60.0 Å². The maximum Gasteiger partial charge on any atom is 0.126 e. The van der Waals surface area contributed by atoms with Crippen LogP contribution in [-0.4, -0.2) is 12.5 Å². The molecule has 0 atom stereocenters. The molecule has 0 bridgehead atoms. The molecule has 0 radical (unpaired) electrons. The Morgan fingerprint density at radius 3 is 2.42 bits per heavy atom. The van der Waals surface area contributed by atoms with Crippen molar-refractivity contribution in [1.82, 2.24) is 0 Å². The van der Waals surface area contributed by atoms with Gasteiger partial charge >= 0.3 is 0 Å². The summed E-state index contributed by atoms with van der Waals surface area (Å²) in [5, 5.41) is 10.7. The Hall–Kier alpha value is -2.79. The van der Waals surface area contributed by atoms with Crippen LogP contribution in [0.25, 0.3) is 11.1 Å². The van der Waals surface area contributed by atoms with E-state index in [-0.39, 0.29) is 5.82 Å². The summed E-state index contributed by atoms with van der Waals surface area (Å²) in [7, 11) is 0. The highest BCUT2D eigenvalue weighted by Crippen LogP contribution is 2.27. The predicted octanol–water partition coefficient (Wildman–Crippen LogP) is 6.23. The van der Waals surface area contributed by atoms with Crippen molar-refractivity contribution in [1.29, 1.82) is 5.41 Å². The van der Waals surface area contributed by atoms with Crippen LogP contribution in [-0.2, 0) is 0 Å². The number of halogens is 1. The third-order valence-electron chi connectivity index (χ3n) is 4.07. The zero-order valence-electron chi connectivity index (χ0n) is 14.6. The van der Waals surface area contributed by atoms with E-state index in [2.05, 4.69) is 22.2 Å². The van der Waals surface area contributed by atoms with Crippen molar-refractivity contribution in [3.8, 4) is 11.1 Å². The third-order valence-corrected chi connectivity index (χ3v) is 4.51. The highest BCUT2D eigenvalue weighted by molar-refractivity contribution is 7.99. The molecule has 0 spiro atoms. The molecule has 0 aliphatic heterocycles. The first-order valence-electron chi connectivity index (χ1n) is 8.18. The van der Waals surface area contributed by atoms with E-state index < -0.39 is 0 Å². The van der Waals surface area contributed by atoms with E-state index in [0.717, 1.165) is 34.4 Å². The molecule has 132 valence electrons. The molecule has 0 aromatic heterocycles. The molecule has 5 heteroatoms. The Morgan fingerprint density at radius 1 is 0.962 bits per heavy atom. The van der Waals surface area contributed by atoms with Gasteiger partial charge in [0.2, 0.25) is 0 Å². The van der Waals surface area contributed by atoms with Crippen LogP contribution in [0.5, 0.6) is 0 Å². The van der Waals surface area contributed by atoms with Crippen molar-refractivity contribution in [2.75, 3.05) is 16.3 Å². The fourth-order valence-electron chi connectivity index (χ4n) is 2.71. The predicted molar refractivity (Wildman–Crippen MR) is 111 cm³/mol. The molecule has 0 saturated heterocycles. The smallest absolute Gasteiger partial charge is 0.126 e. The Bertz CT molecular complexity index is 923. The van der Waals surface area contributed by atoms with Crippen molar-refractivity contribution in [2.24, 2.45) is 0 Å². The van der Waals surface area contributed by atoms with Gasteiger partial charge in [-0.3, -0.25) is 0 Å². The highest BCUT2D eigenvalue weighted by Gasteiger charge is 2.07. The molecule has 0 heterocycles. The van der Waals surface area contributed by atoms with Gasteiger partial charge in [0.15, 0.2) is 0 Å². The van der Waals surface area contributed by atoms with Gasteiger partial charge in [0.1, 0.15) is 5.82 Å². The summed E-state index contributed by atoms with van der Waals surface area (Å²) in [6, 6.07) is 19.4. The fraction of sp³-hybridized carbons (Fsp3) is 0.0952. The highest BCUT2D eigenvalue weighted by atomic mass is 32.2. The summed E-state index contributed by atoms with van der Waals surface area (Å²) >= 11 is 1.56. The molecule has 0 fully saturated rings. The number of aryl methyl sites for hydroxylation is 1. The lowest BCUT2D eigenvalue weighted by molar-refractivity contribution is 0.618. The summed E-state index contributed by atoms with van der Waals surface area (Å²) in [5.74, 6) is -0.303. The van der Waals surface area contributed by atoms with Crippen LogP contribution in [0.4, 0.5) is 21.5 Å². The van der Waals surface area contributed by atoms with Gasteiger partial charge in [-0.1, -0.05) is 36.2 Å².